The summed E-state index contributed by atoms with van der Waals surface area (Å²) < 4.78 is 30.9. The lowest BCUT2D eigenvalue weighted by atomic mass is 9.95. The van der Waals surface area contributed by atoms with Crippen molar-refractivity contribution in [2.45, 2.75) is 67.2 Å². The molecule has 5 aromatic carbocycles. The molecule has 0 aliphatic heterocycles. The quantitative estimate of drug-likeness (QED) is 0.112. The first-order chi connectivity index (χ1) is 38.7. The Bertz CT molecular complexity index is 4540. The molecule has 0 saturated heterocycles. The number of pyridine rings is 5. The Hall–Kier alpha value is -9.49. The first-order valence-corrected chi connectivity index (χ1v) is 27.5. The van der Waals surface area contributed by atoms with Crippen molar-refractivity contribution in [3.05, 3.63) is 198 Å². The van der Waals surface area contributed by atoms with Crippen molar-refractivity contribution in [1.82, 2.24) is 33.1 Å². The molecule has 0 radical (unpaired) electrons. The second-order valence-corrected chi connectivity index (χ2v) is 21.9. The van der Waals surface area contributed by atoms with Crippen molar-refractivity contribution in [3.8, 4) is 34.4 Å². The van der Waals surface area contributed by atoms with Crippen molar-refractivity contribution >= 4 is 77.0 Å². The Labute approximate surface area is 464 Å². The van der Waals surface area contributed by atoms with Gasteiger partial charge in [0.2, 0.25) is 0 Å². The number of hydrogen-bond acceptors (Lipinski definition) is 5. The lowest BCUT2D eigenvalue weighted by Crippen LogP contribution is -2.37. The minimum absolute atomic E-state index is 0.351. The molecule has 14 aromatic rings. The van der Waals surface area contributed by atoms with Crippen LogP contribution in [0.4, 0.5) is 0 Å². The van der Waals surface area contributed by atoms with Crippen LogP contribution in [0.3, 0.4) is 0 Å². The molecule has 396 valence electrons. The molecule has 0 spiro atoms. The van der Waals surface area contributed by atoms with Gasteiger partial charge < -0.3 is 9.47 Å². The van der Waals surface area contributed by atoms with Crippen LogP contribution >= 0.6 is 0 Å². The lowest BCUT2D eigenvalue weighted by Gasteiger charge is -2.16. The summed E-state index contributed by atoms with van der Waals surface area (Å²) in [7, 11) is 8.32. The number of nitrogens with zero attached hydrogens (tertiary/aromatic N) is 11. The van der Waals surface area contributed by atoms with Crippen molar-refractivity contribution in [2.75, 3.05) is 0 Å². The van der Waals surface area contributed by atoms with E-state index in [4.69, 9.17) is 19.4 Å². The number of para-hydroxylation sites is 4. The van der Waals surface area contributed by atoms with E-state index in [1.807, 2.05) is 80.2 Å². The second kappa shape index (κ2) is 19.2. The molecule has 13 nitrogen and oxygen atoms in total. The number of fused-ring (bicyclic) bond motifs is 16. The molecule has 9 heterocycles. The Kier molecular flexibility index (Phi) is 12.0. The van der Waals surface area contributed by atoms with Crippen LogP contribution in [0.5, 0.6) is 23.0 Å². The van der Waals surface area contributed by atoms with Gasteiger partial charge in [-0.3, -0.25) is 15.0 Å². The monoisotopic (exact) mass is 1060 g/mol. The van der Waals surface area contributed by atoms with Crippen LogP contribution in [0.1, 0.15) is 72.9 Å². The van der Waals surface area contributed by atoms with Gasteiger partial charge in [-0.2, -0.15) is 8.80 Å². The number of ether oxygens (including phenoxy) is 2. The van der Waals surface area contributed by atoms with Gasteiger partial charge in [0.1, 0.15) is 39.7 Å². The molecule has 0 amide bonds. The SMILES string of the molecule is Cc1c(Oc2cnc3c4c(C(C)C)cccc4n4c5ccccc5[n+](C)c4c3c2C)cccc1-n1ccc[n+]1C.Cc1c(Oc2cnc3c4c(C(C)C)cccc4n4c5ccccc5[n+](C)c4c3c2C)cncc1-n1ccc[n+]1C. The van der Waals surface area contributed by atoms with E-state index in [1.54, 1.807) is 6.20 Å². The first kappa shape index (κ1) is 50.0. The van der Waals surface area contributed by atoms with Crippen LogP contribution in [0.2, 0.25) is 0 Å². The average Bonchev–Trinajstić information content (AvgIpc) is 4.32. The molecule has 0 unspecified atom stereocenters. The highest BCUT2D eigenvalue weighted by atomic mass is 16.5. The largest absolute Gasteiger partial charge is 0.455 e. The number of aryl methyl sites for hydroxylation is 6. The summed E-state index contributed by atoms with van der Waals surface area (Å²) in [5.41, 5.74) is 20.1. The van der Waals surface area contributed by atoms with Gasteiger partial charge in [-0.1, -0.05) is 82.3 Å². The summed E-state index contributed by atoms with van der Waals surface area (Å²) in [5, 5.41) is 4.60. The van der Waals surface area contributed by atoms with Crippen LogP contribution in [-0.2, 0) is 28.2 Å². The fourth-order valence-corrected chi connectivity index (χ4v) is 12.3. The van der Waals surface area contributed by atoms with E-state index in [0.717, 1.165) is 84.0 Å². The summed E-state index contributed by atoms with van der Waals surface area (Å²) in [5.74, 6) is 3.72. The third kappa shape index (κ3) is 7.61. The van der Waals surface area contributed by atoms with E-state index in [2.05, 4.69) is 204 Å². The summed E-state index contributed by atoms with van der Waals surface area (Å²) in [6.45, 7) is 17.5. The molecular weight excluding hydrogens is 991 g/mol. The molecule has 0 atom stereocenters. The zero-order valence-electron chi connectivity index (χ0n) is 47.5. The second-order valence-electron chi connectivity index (χ2n) is 21.9. The number of imidazole rings is 2. The van der Waals surface area contributed by atoms with Crippen LogP contribution in [-0.4, -0.2) is 33.1 Å². The molecule has 14 rings (SSSR count). The van der Waals surface area contributed by atoms with Gasteiger partial charge >= 0.3 is 0 Å². The molecule has 80 heavy (non-hydrogen) atoms. The fourth-order valence-electron chi connectivity index (χ4n) is 12.3. The Morgan fingerprint density at radius 3 is 1.34 bits per heavy atom. The van der Waals surface area contributed by atoms with Crippen LogP contribution in [0.15, 0.2) is 165 Å². The lowest BCUT2D eigenvalue weighted by molar-refractivity contribution is -0.744. The topological polar surface area (TPSA) is 91.3 Å². The van der Waals surface area contributed by atoms with Crippen molar-refractivity contribution < 1.29 is 28.0 Å². The first-order valence-electron chi connectivity index (χ1n) is 27.5. The average molecular weight is 1060 g/mol. The standard InChI is InChI=1S/C34H33N5O.C33H32N6O/c1-21(2)24-12-9-16-28-32(24)33-31(34-37(6)26-13-7-8-14-27(26)39(28)34)23(4)30(20-35-33)40-29-17-10-15-25(22(29)3)38-19-11-18-36(38)5;1-20(2)23-11-9-14-26-31(23)32-30(33-37(6)24-12-7-8-13-25(24)39(26)33)22(4)29(19-35-32)40-28-18-34-17-27(21(28)3)38-16-10-15-36(38)5/h7-21H,1-6H3;7-20H,1-6H3/q2*+2. The summed E-state index contributed by atoms with van der Waals surface area (Å²) in [6.07, 6.45) is 15.5. The molecular formula is C67H65N11O2+4. The molecule has 0 aliphatic carbocycles. The third-order valence-corrected chi connectivity index (χ3v) is 16.5. The molecule has 0 bridgehead atoms. The Balaban J connectivity index is 0.000000151. The van der Waals surface area contributed by atoms with Gasteiger partial charge in [-0.25, -0.2) is 9.13 Å². The molecule has 0 fully saturated rings. The van der Waals surface area contributed by atoms with Gasteiger partial charge in [-0.05, 0) is 99.2 Å². The predicted octanol–water partition coefficient (Wildman–Crippen LogP) is 12.9. The Morgan fingerprint density at radius 2 is 0.850 bits per heavy atom. The summed E-state index contributed by atoms with van der Waals surface area (Å²) in [6, 6.07) is 40.6. The highest BCUT2D eigenvalue weighted by Gasteiger charge is 2.30. The minimum Gasteiger partial charge on any atom is -0.455 e. The van der Waals surface area contributed by atoms with Gasteiger partial charge in [-0.15, -0.1) is 18.7 Å². The van der Waals surface area contributed by atoms with Gasteiger partial charge in [0.25, 0.3) is 11.3 Å². The maximum absolute atomic E-state index is 6.68. The number of rotatable bonds is 8. The number of aromatic nitrogens is 11. The van der Waals surface area contributed by atoms with E-state index in [9.17, 15) is 0 Å². The predicted molar refractivity (Wildman–Crippen MR) is 317 cm³/mol. The fraction of sp³-hybridized carbons (Fsp3) is 0.209. The highest BCUT2D eigenvalue weighted by molar-refractivity contribution is 6.15. The van der Waals surface area contributed by atoms with Crippen molar-refractivity contribution in [3.63, 3.8) is 0 Å². The van der Waals surface area contributed by atoms with E-state index >= 15 is 0 Å². The molecule has 0 aliphatic rings. The normalized spacial score (nSPS) is 12.0. The van der Waals surface area contributed by atoms with E-state index in [0.29, 0.717) is 17.6 Å². The van der Waals surface area contributed by atoms with Crippen LogP contribution in [0, 0.1) is 27.7 Å². The van der Waals surface area contributed by atoms with Crippen molar-refractivity contribution in [1.29, 1.82) is 0 Å². The summed E-state index contributed by atoms with van der Waals surface area (Å²) in [4.78, 5) is 14.7. The number of hydrogen-bond donors (Lipinski definition) is 0. The van der Waals surface area contributed by atoms with Gasteiger partial charge in [0.15, 0.2) is 54.3 Å². The Morgan fingerprint density at radius 1 is 0.412 bits per heavy atom. The zero-order chi connectivity index (χ0) is 55.4. The smallest absolute Gasteiger partial charge is 0.297 e. The minimum atomic E-state index is 0.351. The van der Waals surface area contributed by atoms with Crippen molar-refractivity contribution in [2.24, 2.45) is 28.2 Å². The molecule has 0 saturated carbocycles. The van der Waals surface area contributed by atoms with Crippen LogP contribution < -0.4 is 28.0 Å². The number of benzene rings is 5. The van der Waals surface area contributed by atoms with Gasteiger partial charge in [0, 0.05) is 34.4 Å². The highest BCUT2D eigenvalue weighted by Crippen LogP contribution is 2.42. The maximum Gasteiger partial charge on any atom is 0.297 e. The van der Waals surface area contributed by atoms with E-state index < -0.39 is 0 Å². The van der Waals surface area contributed by atoms with Crippen LogP contribution in [0.25, 0.3) is 88.3 Å². The molecule has 13 heteroatoms. The zero-order valence-corrected chi connectivity index (χ0v) is 47.5. The molecule has 0 N–H and O–H groups in total. The summed E-state index contributed by atoms with van der Waals surface area (Å²) >= 11 is 0. The maximum atomic E-state index is 6.68. The van der Waals surface area contributed by atoms with Gasteiger partial charge in [0.05, 0.1) is 83.9 Å². The van der Waals surface area contributed by atoms with E-state index in [-0.39, 0.29) is 0 Å². The third-order valence-electron chi connectivity index (χ3n) is 16.5. The molecule has 9 aromatic heterocycles. The van der Waals surface area contributed by atoms with E-state index in [1.165, 1.54) is 55.0 Å².